The molecular weight excluding hydrogens is 276 g/mol. The first-order valence-corrected chi connectivity index (χ1v) is 6.53. The molecule has 0 saturated heterocycles. The lowest BCUT2D eigenvalue weighted by Crippen LogP contribution is -2.51. The molecule has 102 valence electrons. The van der Waals surface area contributed by atoms with Gasteiger partial charge in [-0.25, -0.2) is 9.78 Å². The molecule has 0 aliphatic heterocycles. The second kappa shape index (κ2) is 5.03. The van der Waals surface area contributed by atoms with Crippen LogP contribution in [0.2, 0.25) is 5.15 Å². The highest BCUT2D eigenvalue weighted by atomic mass is 35.5. The molecule has 7 heteroatoms. The van der Waals surface area contributed by atoms with Gasteiger partial charge < -0.3 is 15.2 Å². The van der Waals surface area contributed by atoms with Gasteiger partial charge in [0.1, 0.15) is 0 Å². The van der Waals surface area contributed by atoms with E-state index in [0.717, 1.165) is 11.3 Å². The molecule has 1 aromatic heterocycles. The molecule has 0 aliphatic rings. The maximum atomic E-state index is 11.4. The van der Waals surface area contributed by atoms with Crippen molar-refractivity contribution in [3.05, 3.63) is 10.0 Å². The maximum Gasteiger partial charge on any atom is 0.351 e. The number of rotatable bonds is 4. The van der Waals surface area contributed by atoms with E-state index in [1.54, 1.807) is 13.8 Å². The van der Waals surface area contributed by atoms with Crippen LogP contribution in [0.15, 0.2) is 0 Å². The number of anilines is 1. The van der Waals surface area contributed by atoms with Crippen LogP contribution in [0.4, 0.5) is 5.13 Å². The number of thiazole rings is 1. The summed E-state index contributed by atoms with van der Waals surface area (Å²) in [6.45, 7) is 7.05. The third kappa shape index (κ3) is 3.13. The standard InChI is InChI=1S/C11H17ClN2O3S/c1-10(2,11(3,4)16)14-9-13-7(12)6(18-9)8(15)17-5/h16H,1-5H3,(H,13,14). The van der Waals surface area contributed by atoms with Gasteiger partial charge in [0.2, 0.25) is 0 Å². The Morgan fingerprint density at radius 3 is 2.44 bits per heavy atom. The third-order valence-corrected chi connectivity index (χ3v) is 4.24. The Labute approximate surface area is 115 Å². The van der Waals surface area contributed by atoms with E-state index in [1.807, 2.05) is 13.8 Å². The number of methoxy groups -OCH3 is 1. The van der Waals surface area contributed by atoms with Crippen LogP contribution in [0.25, 0.3) is 0 Å². The van der Waals surface area contributed by atoms with Crippen molar-refractivity contribution in [2.75, 3.05) is 12.4 Å². The average molecular weight is 293 g/mol. The monoisotopic (exact) mass is 292 g/mol. The highest BCUT2D eigenvalue weighted by Gasteiger charge is 2.36. The number of hydrogen-bond acceptors (Lipinski definition) is 6. The first-order chi connectivity index (χ1) is 8.08. The smallest absolute Gasteiger partial charge is 0.351 e. The number of hydrogen-bond donors (Lipinski definition) is 2. The predicted molar refractivity (Wildman–Crippen MR) is 72.5 cm³/mol. The summed E-state index contributed by atoms with van der Waals surface area (Å²) in [4.78, 5) is 15.7. The largest absolute Gasteiger partial charge is 0.465 e. The molecule has 1 heterocycles. The third-order valence-electron chi connectivity index (χ3n) is 2.91. The normalized spacial score (nSPS) is 12.4. The fourth-order valence-electron chi connectivity index (χ4n) is 0.994. The molecule has 0 aromatic carbocycles. The van der Waals surface area contributed by atoms with Gasteiger partial charge in [-0.2, -0.15) is 0 Å². The zero-order valence-electron chi connectivity index (χ0n) is 11.0. The van der Waals surface area contributed by atoms with Crippen LogP contribution in [0, 0.1) is 0 Å². The molecular formula is C11H17ClN2O3S. The Kier molecular flexibility index (Phi) is 4.25. The average Bonchev–Trinajstić information content (AvgIpc) is 2.55. The van der Waals surface area contributed by atoms with Crippen molar-refractivity contribution in [1.29, 1.82) is 0 Å². The van der Waals surface area contributed by atoms with Gasteiger partial charge >= 0.3 is 5.97 Å². The van der Waals surface area contributed by atoms with Crippen LogP contribution in [0.3, 0.4) is 0 Å². The number of nitrogens with one attached hydrogen (secondary N) is 1. The molecule has 18 heavy (non-hydrogen) atoms. The summed E-state index contributed by atoms with van der Waals surface area (Å²) in [5, 5.41) is 13.7. The second-order valence-corrected chi connectivity index (χ2v) is 6.30. The lowest BCUT2D eigenvalue weighted by Gasteiger charge is -2.37. The van der Waals surface area contributed by atoms with Gasteiger partial charge in [-0.3, -0.25) is 0 Å². The van der Waals surface area contributed by atoms with E-state index in [-0.39, 0.29) is 10.0 Å². The number of carbonyl (C=O) groups excluding carboxylic acids is 1. The number of aliphatic hydroxyl groups is 1. The summed E-state index contributed by atoms with van der Waals surface area (Å²) in [6, 6.07) is 0. The Hall–Kier alpha value is -0.850. The van der Waals surface area contributed by atoms with Crippen LogP contribution >= 0.6 is 22.9 Å². The molecule has 0 saturated carbocycles. The molecule has 0 radical (unpaired) electrons. The van der Waals surface area contributed by atoms with Crippen molar-refractivity contribution >= 4 is 34.0 Å². The Morgan fingerprint density at radius 2 is 2.00 bits per heavy atom. The van der Waals surface area contributed by atoms with E-state index in [9.17, 15) is 9.90 Å². The summed E-state index contributed by atoms with van der Waals surface area (Å²) in [5.74, 6) is -0.522. The number of ether oxygens (including phenoxy) is 1. The molecule has 0 unspecified atom stereocenters. The quantitative estimate of drug-likeness (QED) is 0.835. The topological polar surface area (TPSA) is 71.5 Å². The van der Waals surface area contributed by atoms with Gasteiger partial charge in [-0.05, 0) is 27.7 Å². The van der Waals surface area contributed by atoms with Crippen molar-refractivity contribution in [3.8, 4) is 0 Å². The summed E-state index contributed by atoms with van der Waals surface area (Å²) in [6.07, 6.45) is 0. The number of carbonyl (C=O) groups is 1. The molecule has 0 spiro atoms. The van der Waals surface area contributed by atoms with E-state index in [1.165, 1.54) is 7.11 Å². The molecule has 0 fully saturated rings. The molecule has 0 bridgehead atoms. The number of aromatic nitrogens is 1. The van der Waals surface area contributed by atoms with Crippen LogP contribution in [0.5, 0.6) is 0 Å². The minimum absolute atomic E-state index is 0.0981. The Bertz CT molecular complexity index is 452. The Morgan fingerprint density at radius 1 is 1.44 bits per heavy atom. The van der Waals surface area contributed by atoms with Crippen LogP contribution in [-0.4, -0.2) is 34.3 Å². The first-order valence-electron chi connectivity index (χ1n) is 5.33. The summed E-state index contributed by atoms with van der Waals surface area (Å²) < 4.78 is 4.60. The Balaban J connectivity index is 2.97. The van der Waals surface area contributed by atoms with Crippen LogP contribution in [0.1, 0.15) is 37.4 Å². The van der Waals surface area contributed by atoms with Gasteiger partial charge in [-0.15, -0.1) is 0 Å². The van der Waals surface area contributed by atoms with Gasteiger partial charge in [0.15, 0.2) is 15.2 Å². The molecule has 5 nitrogen and oxygen atoms in total. The zero-order valence-corrected chi connectivity index (χ0v) is 12.6. The van der Waals surface area contributed by atoms with Crippen molar-refractivity contribution in [3.63, 3.8) is 0 Å². The van der Waals surface area contributed by atoms with Crippen molar-refractivity contribution in [2.45, 2.75) is 38.8 Å². The van der Waals surface area contributed by atoms with E-state index >= 15 is 0 Å². The minimum atomic E-state index is -0.962. The molecule has 2 N–H and O–H groups in total. The fraction of sp³-hybridized carbons (Fsp3) is 0.636. The molecule has 1 rings (SSSR count). The molecule has 0 aliphatic carbocycles. The van der Waals surface area contributed by atoms with E-state index < -0.39 is 17.1 Å². The van der Waals surface area contributed by atoms with Gasteiger partial charge in [0, 0.05) is 0 Å². The zero-order chi connectivity index (χ0) is 14.1. The van der Waals surface area contributed by atoms with Crippen molar-refractivity contribution in [2.24, 2.45) is 0 Å². The second-order valence-electron chi connectivity index (χ2n) is 4.94. The van der Waals surface area contributed by atoms with Crippen molar-refractivity contribution < 1.29 is 14.6 Å². The highest BCUT2D eigenvalue weighted by molar-refractivity contribution is 7.18. The van der Waals surface area contributed by atoms with E-state index in [0.29, 0.717) is 5.13 Å². The maximum absolute atomic E-state index is 11.4. The number of esters is 1. The lowest BCUT2D eigenvalue weighted by atomic mass is 9.86. The first kappa shape index (κ1) is 15.2. The molecule has 0 atom stereocenters. The lowest BCUT2D eigenvalue weighted by molar-refractivity contribution is 0.0240. The van der Waals surface area contributed by atoms with Gasteiger partial charge in [-0.1, -0.05) is 22.9 Å². The van der Waals surface area contributed by atoms with Crippen molar-refractivity contribution in [1.82, 2.24) is 4.98 Å². The summed E-state index contributed by atoms with van der Waals surface area (Å²) in [5.41, 5.74) is -1.59. The minimum Gasteiger partial charge on any atom is -0.465 e. The number of nitrogens with zero attached hydrogens (tertiary/aromatic N) is 1. The van der Waals surface area contributed by atoms with Crippen LogP contribution in [-0.2, 0) is 4.74 Å². The molecule has 0 amide bonds. The number of halogens is 1. The fourth-order valence-corrected chi connectivity index (χ4v) is 2.25. The van der Waals surface area contributed by atoms with Gasteiger partial charge in [0.25, 0.3) is 0 Å². The van der Waals surface area contributed by atoms with Crippen LogP contribution < -0.4 is 5.32 Å². The van der Waals surface area contributed by atoms with Gasteiger partial charge in [0.05, 0.1) is 18.2 Å². The summed E-state index contributed by atoms with van der Waals surface area (Å²) >= 11 is 6.95. The molecule has 1 aromatic rings. The SMILES string of the molecule is COC(=O)c1sc(NC(C)(C)C(C)(C)O)nc1Cl. The van der Waals surface area contributed by atoms with E-state index in [4.69, 9.17) is 11.6 Å². The van der Waals surface area contributed by atoms with E-state index in [2.05, 4.69) is 15.0 Å². The highest BCUT2D eigenvalue weighted by Crippen LogP contribution is 2.32. The summed E-state index contributed by atoms with van der Waals surface area (Å²) in [7, 11) is 1.28. The predicted octanol–water partition coefficient (Wildman–Crippen LogP) is 2.54.